The van der Waals surface area contributed by atoms with Crippen LogP contribution in [0.4, 0.5) is 0 Å². The molecular weight excluding hydrogens is 350 g/mol. The third-order valence-electron chi connectivity index (χ3n) is 4.55. The number of oxazole rings is 1. The van der Waals surface area contributed by atoms with Gasteiger partial charge in [0, 0.05) is 25.4 Å². The van der Waals surface area contributed by atoms with E-state index in [1.165, 1.54) is 11.1 Å². The largest absolute Gasteiger partial charge is 0.487 e. The molecule has 2 heterocycles. The Hall–Kier alpha value is -3.34. The van der Waals surface area contributed by atoms with E-state index >= 15 is 0 Å². The molecule has 0 fully saturated rings. The van der Waals surface area contributed by atoms with Crippen LogP contribution in [0.2, 0.25) is 0 Å². The second kappa shape index (κ2) is 9.04. The van der Waals surface area contributed by atoms with Gasteiger partial charge in [-0.15, -0.1) is 0 Å². The van der Waals surface area contributed by atoms with Crippen LogP contribution in [0.1, 0.15) is 29.1 Å². The molecule has 0 radical (unpaired) electrons. The van der Waals surface area contributed by atoms with E-state index < -0.39 is 0 Å². The lowest BCUT2D eigenvalue weighted by Gasteiger charge is -2.06. The van der Waals surface area contributed by atoms with Crippen molar-refractivity contribution in [3.05, 3.63) is 102 Å². The predicted octanol–water partition coefficient (Wildman–Crippen LogP) is 4.67. The van der Waals surface area contributed by atoms with Gasteiger partial charge in [0.25, 0.3) is 0 Å². The fourth-order valence-corrected chi connectivity index (χ4v) is 3.06. The summed E-state index contributed by atoms with van der Waals surface area (Å²) in [5, 5.41) is 0. The standard InChI is InChI=1S/C23H23N3O2/c1-2-5-20(6-3-1)15-23-25-21(17-28-23)16-27-22-10-8-19(9-11-22)7-4-13-26-14-12-24-18-26/h1-3,5-6,8-12,14,17-18H,4,7,13,15-16H2. The van der Waals surface area contributed by atoms with Gasteiger partial charge in [-0.3, -0.25) is 0 Å². The van der Waals surface area contributed by atoms with Gasteiger partial charge in [0.15, 0.2) is 5.89 Å². The average Bonchev–Trinajstić information content (AvgIpc) is 3.40. The lowest BCUT2D eigenvalue weighted by Crippen LogP contribution is -1.98. The fourth-order valence-electron chi connectivity index (χ4n) is 3.06. The number of hydrogen-bond acceptors (Lipinski definition) is 4. The Morgan fingerprint density at radius 3 is 2.61 bits per heavy atom. The van der Waals surface area contributed by atoms with E-state index in [-0.39, 0.29) is 0 Å². The fraction of sp³-hybridized carbons (Fsp3) is 0.217. The van der Waals surface area contributed by atoms with E-state index in [9.17, 15) is 0 Å². The highest BCUT2D eigenvalue weighted by Gasteiger charge is 2.06. The molecular formula is C23H23N3O2. The molecule has 0 saturated carbocycles. The lowest BCUT2D eigenvalue weighted by atomic mass is 10.1. The Bertz CT molecular complexity index is 961. The van der Waals surface area contributed by atoms with Crippen LogP contribution in [-0.2, 0) is 26.0 Å². The molecule has 0 saturated heterocycles. The van der Waals surface area contributed by atoms with Crippen LogP contribution in [0.5, 0.6) is 5.75 Å². The van der Waals surface area contributed by atoms with Crippen molar-refractivity contribution in [2.24, 2.45) is 0 Å². The number of imidazole rings is 1. The minimum atomic E-state index is 0.401. The topological polar surface area (TPSA) is 53.1 Å². The van der Waals surface area contributed by atoms with Crippen LogP contribution in [0.3, 0.4) is 0 Å². The second-order valence-corrected chi connectivity index (χ2v) is 6.73. The van der Waals surface area contributed by atoms with Gasteiger partial charge in [0.1, 0.15) is 24.3 Å². The third-order valence-corrected chi connectivity index (χ3v) is 4.55. The van der Waals surface area contributed by atoms with Crippen molar-refractivity contribution >= 4 is 0 Å². The maximum Gasteiger partial charge on any atom is 0.198 e. The first-order chi connectivity index (χ1) is 13.8. The summed E-state index contributed by atoms with van der Waals surface area (Å²) >= 11 is 0. The maximum atomic E-state index is 5.84. The van der Waals surface area contributed by atoms with Crippen molar-refractivity contribution in [2.75, 3.05) is 0 Å². The number of rotatable bonds is 9. The number of hydrogen-bond donors (Lipinski definition) is 0. The van der Waals surface area contributed by atoms with Gasteiger partial charge >= 0.3 is 0 Å². The van der Waals surface area contributed by atoms with Gasteiger partial charge in [-0.25, -0.2) is 9.97 Å². The molecule has 0 aliphatic carbocycles. The van der Waals surface area contributed by atoms with Crippen LogP contribution < -0.4 is 4.74 Å². The summed E-state index contributed by atoms with van der Waals surface area (Å²) in [6, 6.07) is 18.4. The molecule has 0 N–H and O–H groups in total. The van der Waals surface area contributed by atoms with Crippen molar-refractivity contribution in [2.45, 2.75) is 32.4 Å². The molecule has 28 heavy (non-hydrogen) atoms. The van der Waals surface area contributed by atoms with Crippen LogP contribution in [0.25, 0.3) is 0 Å². The molecule has 5 nitrogen and oxygen atoms in total. The maximum absolute atomic E-state index is 5.84. The normalized spacial score (nSPS) is 10.9. The predicted molar refractivity (Wildman–Crippen MR) is 107 cm³/mol. The van der Waals surface area contributed by atoms with Crippen molar-refractivity contribution in [3.63, 3.8) is 0 Å². The summed E-state index contributed by atoms with van der Waals surface area (Å²) in [6.45, 7) is 1.38. The summed E-state index contributed by atoms with van der Waals surface area (Å²) in [7, 11) is 0. The summed E-state index contributed by atoms with van der Waals surface area (Å²) in [6.07, 6.45) is 10.1. The molecule has 0 aliphatic heterocycles. The van der Waals surface area contributed by atoms with Gasteiger partial charge in [-0.1, -0.05) is 42.5 Å². The summed E-state index contributed by atoms with van der Waals surface area (Å²) in [5.41, 5.74) is 3.29. The van der Waals surface area contributed by atoms with E-state index in [0.717, 1.165) is 30.8 Å². The molecule has 2 aromatic heterocycles. The summed E-state index contributed by atoms with van der Waals surface area (Å²) in [5.74, 6) is 1.55. The Labute approximate surface area is 164 Å². The monoisotopic (exact) mass is 373 g/mol. The van der Waals surface area contributed by atoms with E-state index in [4.69, 9.17) is 9.15 Å². The average molecular weight is 373 g/mol. The van der Waals surface area contributed by atoms with Gasteiger partial charge in [-0.2, -0.15) is 0 Å². The highest BCUT2D eigenvalue weighted by Crippen LogP contribution is 2.16. The molecule has 5 heteroatoms. The van der Waals surface area contributed by atoms with E-state index in [1.54, 1.807) is 6.26 Å². The van der Waals surface area contributed by atoms with E-state index in [2.05, 4.69) is 38.8 Å². The number of aromatic nitrogens is 3. The Balaban J connectivity index is 1.23. The first kappa shape index (κ1) is 18.0. The zero-order chi connectivity index (χ0) is 19.0. The van der Waals surface area contributed by atoms with Crippen molar-refractivity contribution in [3.8, 4) is 5.75 Å². The Morgan fingerprint density at radius 1 is 0.964 bits per heavy atom. The number of benzene rings is 2. The molecule has 142 valence electrons. The highest BCUT2D eigenvalue weighted by molar-refractivity contribution is 5.27. The summed E-state index contributed by atoms with van der Waals surface area (Å²) < 4.78 is 13.5. The third kappa shape index (κ3) is 5.10. The van der Waals surface area contributed by atoms with Crippen LogP contribution in [-0.4, -0.2) is 14.5 Å². The number of aryl methyl sites for hydroxylation is 2. The molecule has 0 aliphatic rings. The van der Waals surface area contributed by atoms with Crippen LogP contribution in [0, 0.1) is 0 Å². The molecule has 2 aromatic carbocycles. The molecule has 4 aromatic rings. The quantitative estimate of drug-likeness (QED) is 0.428. The number of ether oxygens (including phenoxy) is 1. The Morgan fingerprint density at radius 2 is 1.82 bits per heavy atom. The summed E-state index contributed by atoms with van der Waals surface area (Å²) in [4.78, 5) is 8.57. The Kier molecular flexibility index (Phi) is 5.83. The molecule has 0 unspecified atom stereocenters. The van der Waals surface area contributed by atoms with Gasteiger partial charge in [0.2, 0.25) is 0 Å². The molecule has 4 rings (SSSR count). The molecule has 0 spiro atoms. The molecule has 0 amide bonds. The molecule has 0 bridgehead atoms. The van der Waals surface area contributed by atoms with Gasteiger partial charge in [0.05, 0.1) is 6.33 Å². The van der Waals surface area contributed by atoms with E-state index in [0.29, 0.717) is 18.9 Å². The first-order valence-corrected chi connectivity index (χ1v) is 9.50. The smallest absolute Gasteiger partial charge is 0.198 e. The number of nitrogens with zero attached hydrogens (tertiary/aromatic N) is 3. The lowest BCUT2D eigenvalue weighted by molar-refractivity contribution is 0.301. The van der Waals surface area contributed by atoms with Crippen molar-refractivity contribution in [1.29, 1.82) is 0 Å². The van der Waals surface area contributed by atoms with Gasteiger partial charge in [-0.05, 0) is 36.1 Å². The SMILES string of the molecule is c1ccc(Cc2nc(COc3ccc(CCCn4ccnc4)cc3)co2)cc1. The second-order valence-electron chi connectivity index (χ2n) is 6.73. The van der Waals surface area contributed by atoms with Crippen molar-refractivity contribution < 1.29 is 9.15 Å². The minimum absolute atomic E-state index is 0.401. The van der Waals surface area contributed by atoms with E-state index in [1.807, 2.05) is 49.1 Å². The highest BCUT2D eigenvalue weighted by atomic mass is 16.5. The van der Waals surface area contributed by atoms with Crippen LogP contribution >= 0.6 is 0 Å². The van der Waals surface area contributed by atoms with Crippen molar-refractivity contribution in [1.82, 2.24) is 14.5 Å². The first-order valence-electron chi connectivity index (χ1n) is 9.50. The van der Waals surface area contributed by atoms with Gasteiger partial charge < -0.3 is 13.7 Å². The van der Waals surface area contributed by atoms with Crippen LogP contribution in [0.15, 0.2) is 84.0 Å². The zero-order valence-electron chi connectivity index (χ0n) is 15.7. The zero-order valence-corrected chi connectivity index (χ0v) is 15.7. The molecule has 0 atom stereocenters. The minimum Gasteiger partial charge on any atom is -0.487 e.